The zero-order valence-electron chi connectivity index (χ0n) is 9.63. The van der Waals surface area contributed by atoms with E-state index in [1.165, 1.54) is 0 Å². The third-order valence-electron chi connectivity index (χ3n) is 2.55. The summed E-state index contributed by atoms with van der Waals surface area (Å²) in [5, 5.41) is 1.02. The number of nitrogens with one attached hydrogen (secondary N) is 1. The standard InChI is InChI=1S/C10H14N2O4S/c1-3-8-5-6-9(4-2)10(7-8)12-11-15-17(13,14)16-12/h5-7,11H,3-4H2,1-2H3. The van der Waals surface area contributed by atoms with Gasteiger partial charge in [0.2, 0.25) is 0 Å². The lowest BCUT2D eigenvalue weighted by atomic mass is 10.1. The lowest BCUT2D eigenvalue weighted by Gasteiger charge is -2.16. The summed E-state index contributed by atoms with van der Waals surface area (Å²) in [7, 11) is -3.97. The normalized spacial score (nSPS) is 18.6. The van der Waals surface area contributed by atoms with Gasteiger partial charge in [-0.3, -0.25) is 0 Å². The Kier molecular flexibility index (Phi) is 3.34. The van der Waals surface area contributed by atoms with Crippen LogP contribution in [-0.4, -0.2) is 8.42 Å². The van der Waals surface area contributed by atoms with Gasteiger partial charge in [0, 0.05) is 0 Å². The van der Waals surface area contributed by atoms with Crippen molar-refractivity contribution in [3.8, 4) is 0 Å². The molecule has 0 amide bonds. The van der Waals surface area contributed by atoms with E-state index in [1.807, 2.05) is 32.0 Å². The van der Waals surface area contributed by atoms with E-state index in [9.17, 15) is 8.42 Å². The summed E-state index contributed by atoms with van der Waals surface area (Å²) in [6.07, 6.45) is 1.62. The Bertz CT molecular complexity index is 515. The molecule has 94 valence electrons. The van der Waals surface area contributed by atoms with Gasteiger partial charge in [-0.05, 0) is 30.0 Å². The number of hydrogen-bond acceptors (Lipinski definition) is 6. The number of rotatable bonds is 3. The Labute approximate surface area is 100 Å². The van der Waals surface area contributed by atoms with Crippen LogP contribution in [0.15, 0.2) is 18.2 Å². The molecule has 1 N–H and O–H groups in total. The molecule has 0 spiro atoms. The number of nitrogens with zero attached hydrogens (tertiary/aromatic N) is 1. The highest BCUT2D eigenvalue weighted by atomic mass is 32.3. The Morgan fingerprint density at radius 1 is 1.29 bits per heavy atom. The van der Waals surface area contributed by atoms with Crippen LogP contribution in [0.5, 0.6) is 0 Å². The van der Waals surface area contributed by atoms with Crippen molar-refractivity contribution >= 4 is 16.1 Å². The third kappa shape index (κ3) is 2.58. The lowest BCUT2D eigenvalue weighted by molar-refractivity contribution is 0.197. The van der Waals surface area contributed by atoms with E-state index in [0.29, 0.717) is 5.69 Å². The van der Waals surface area contributed by atoms with Gasteiger partial charge in [-0.2, -0.15) is 8.42 Å². The Morgan fingerprint density at radius 3 is 2.59 bits per heavy atom. The molecule has 7 heteroatoms. The van der Waals surface area contributed by atoms with Gasteiger partial charge in [0.25, 0.3) is 0 Å². The van der Waals surface area contributed by atoms with E-state index in [-0.39, 0.29) is 0 Å². The minimum Gasteiger partial charge on any atom is -0.165 e. The summed E-state index contributed by atoms with van der Waals surface area (Å²) < 4.78 is 31.0. The molecule has 0 atom stereocenters. The number of anilines is 1. The second-order valence-corrected chi connectivity index (χ2v) is 4.75. The fourth-order valence-corrected chi connectivity index (χ4v) is 2.09. The predicted molar refractivity (Wildman–Crippen MR) is 61.9 cm³/mol. The monoisotopic (exact) mass is 258 g/mol. The van der Waals surface area contributed by atoms with E-state index in [1.54, 1.807) is 0 Å². The van der Waals surface area contributed by atoms with E-state index >= 15 is 0 Å². The van der Waals surface area contributed by atoms with Crippen LogP contribution in [0.3, 0.4) is 0 Å². The fourth-order valence-electron chi connectivity index (χ4n) is 1.61. The Morgan fingerprint density at radius 2 is 2.06 bits per heavy atom. The molecular weight excluding hydrogens is 244 g/mol. The zero-order valence-corrected chi connectivity index (χ0v) is 10.5. The molecule has 1 heterocycles. The van der Waals surface area contributed by atoms with Crippen molar-refractivity contribution in [3.63, 3.8) is 0 Å². The third-order valence-corrected chi connectivity index (χ3v) is 3.16. The number of hydrazine groups is 1. The Balaban J connectivity index is 2.36. The van der Waals surface area contributed by atoms with Crippen molar-refractivity contribution in [2.45, 2.75) is 26.7 Å². The van der Waals surface area contributed by atoms with Crippen LogP contribution >= 0.6 is 0 Å². The molecule has 0 radical (unpaired) electrons. The van der Waals surface area contributed by atoms with Gasteiger partial charge < -0.3 is 0 Å². The quantitative estimate of drug-likeness (QED) is 0.880. The molecule has 1 fully saturated rings. The van der Waals surface area contributed by atoms with Gasteiger partial charge in [0.15, 0.2) is 0 Å². The topological polar surface area (TPSA) is 67.9 Å². The summed E-state index contributed by atoms with van der Waals surface area (Å²) in [6.45, 7) is 4.01. The molecule has 0 bridgehead atoms. The highest BCUT2D eigenvalue weighted by molar-refractivity contribution is 7.82. The molecule has 1 aliphatic heterocycles. The molecule has 1 aromatic rings. The van der Waals surface area contributed by atoms with Gasteiger partial charge in [0.05, 0.1) is 5.69 Å². The average molecular weight is 258 g/mol. The van der Waals surface area contributed by atoms with Gasteiger partial charge in [-0.1, -0.05) is 31.6 Å². The van der Waals surface area contributed by atoms with Gasteiger partial charge >= 0.3 is 10.4 Å². The summed E-state index contributed by atoms with van der Waals surface area (Å²) in [5.41, 5.74) is 4.92. The van der Waals surface area contributed by atoms with Crippen LogP contribution in [0.2, 0.25) is 0 Å². The van der Waals surface area contributed by atoms with Crippen LogP contribution in [0, 0.1) is 0 Å². The lowest BCUT2D eigenvalue weighted by Crippen LogP contribution is -2.29. The molecule has 17 heavy (non-hydrogen) atoms. The number of benzene rings is 1. The van der Waals surface area contributed by atoms with Crippen LogP contribution in [0.4, 0.5) is 5.69 Å². The maximum absolute atomic E-state index is 11.0. The second kappa shape index (κ2) is 4.61. The first-order valence-corrected chi connectivity index (χ1v) is 6.69. The molecule has 0 aliphatic carbocycles. The molecule has 0 saturated carbocycles. The highest BCUT2D eigenvalue weighted by Gasteiger charge is 2.30. The van der Waals surface area contributed by atoms with Crippen molar-refractivity contribution in [1.82, 2.24) is 5.59 Å². The van der Waals surface area contributed by atoms with Gasteiger partial charge in [0.1, 0.15) is 0 Å². The predicted octanol–water partition coefficient (Wildman–Crippen LogP) is 1.24. The second-order valence-electron chi connectivity index (χ2n) is 3.62. The van der Waals surface area contributed by atoms with Crippen LogP contribution in [0.1, 0.15) is 25.0 Å². The SMILES string of the molecule is CCc1ccc(CC)c(N2NOS(=O)(=O)O2)c1. The van der Waals surface area contributed by atoms with E-state index in [4.69, 9.17) is 0 Å². The van der Waals surface area contributed by atoms with Gasteiger partial charge in [-0.15, -0.1) is 13.7 Å². The molecule has 0 unspecified atom stereocenters. The minimum atomic E-state index is -3.97. The van der Waals surface area contributed by atoms with Crippen molar-refractivity contribution in [2.24, 2.45) is 0 Å². The van der Waals surface area contributed by atoms with Crippen molar-refractivity contribution in [2.75, 3.05) is 5.17 Å². The van der Waals surface area contributed by atoms with E-state index < -0.39 is 10.4 Å². The highest BCUT2D eigenvalue weighted by Crippen LogP contribution is 2.25. The first-order chi connectivity index (χ1) is 8.05. The first kappa shape index (κ1) is 12.3. The Hall–Kier alpha value is -1.15. The molecule has 1 saturated heterocycles. The van der Waals surface area contributed by atoms with E-state index in [2.05, 4.69) is 14.2 Å². The molecule has 2 rings (SSSR count). The van der Waals surface area contributed by atoms with Crippen LogP contribution in [-0.2, 0) is 31.8 Å². The largest absolute Gasteiger partial charge is 0.440 e. The molecule has 1 aromatic carbocycles. The molecule has 1 aliphatic rings. The van der Waals surface area contributed by atoms with Crippen LogP contribution in [0.25, 0.3) is 0 Å². The summed E-state index contributed by atoms with van der Waals surface area (Å²) in [6, 6.07) is 5.83. The maximum atomic E-state index is 11.0. The first-order valence-electron chi connectivity index (χ1n) is 5.36. The average Bonchev–Trinajstić information content (AvgIpc) is 2.68. The summed E-state index contributed by atoms with van der Waals surface area (Å²) >= 11 is 0. The molecule has 6 nitrogen and oxygen atoms in total. The van der Waals surface area contributed by atoms with Crippen molar-refractivity contribution in [1.29, 1.82) is 0 Å². The molecule has 0 aromatic heterocycles. The number of hydrogen-bond donors (Lipinski definition) is 1. The summed E-state index contributed by atoms with van der Waals surface area (Å²) in [5.74, 6) is 0. The smallest absolute Gasteiger partial charge is 0.165 e. The van der Waals surface area contributed by atoms with Crippen molar-refractivity contribution < 1.29 is 17.0 Å². The molecular formula is C10H14N2O4S. The maximum Gasteiger partial charge on any atom is 0.440 e. The minimum absolute atomic E-state index is 0.646. The van der Waals surface area contributed by atoms with E-state index in [0.717, 1.165) is 29.1 Å². The fraction of sp³-hybridized carbons (Fsp3) is 0.400. The summed E-state index contributed by atoms with van der Waals surface area (Å²) in [4.78, 5) is 0. The van der Waals surface area contributed by atoms with Crippen molar-refractivity contribution in [3.05, 3.63) is 29.3 Å². The zero-order chi connectivity index (χ0) is 12.5. The van der Waals surface area contributed by atoms with Gasteiger partial charge in [-0.25, -0.2) is 0 Å². The number of aryl methyl sites for hydroxylation is 2. The van der Waals surface area contributed by atoms with Crippen LogP contribution < -0.4 is 10.8 Å².